The summed E-state index contributed by atoms with van der Waals surface area (Å²) in [4.78, 5) is 25.3. The van der Waals surface area contributed by atoms with Crippen LogP contribution in [0.25, 0.3) is 0 Å². The summed E-state index contributed by atoms with van der Waals surface area (Å²) < 4.78 is 5.11. The fraction of sp³-hybridized carbons (Fsp3) is 0.222. The van der Waals surface area contributed by atoms with Crippen LogP contribution in [0, 0.1) is 0 Å². The molecule has 0 heterocycles. The average molecular weight is 362 g/mol. The lowest BCUT2D eigenvalue weighted by atomic mass is 10.2. The maximum atomic E-state index is 11.9. The molecule has 2 aromatic rings. The zero-order valence-electron chi connectivity index (χ0n) is 14.1. The number of para-hydroxylation sites is 1. The van der Waals surface area contributed by atoms with Crippen molar-refractivity contribution in [2.45, 2.75) is 6.92 Å². The van der Waals surface area contributed by atoms with Gasteiger partial charge in [0.2, 0.25) is 5.91 Å². The molecule has 0 spiro atoms. The molecule has 0 aliphatic heterocycles. The van der Waals surface area contributed by atoms with Crippen molar-refractivity contribution in [2.75, 3.05) is 30.4 Å². The van der Waals surface area contributed by atoms with Gasteiger partial charge in [0.25, 0.3) is 0 Å². The lowest BCUT2D eigenvalue weighted by Crippen LogP contribution is -2.39. The van der Waals surface area contributed by atoms with Crippen molar-refractivity contribution < 1.29 is 14.3 Å². The van der Waals surface area contributed by atoms with E-state index >= 15 is 0 Å². The van der Waals surface area contributed by atoms with E-state index in [0.29, 0.717) is 35.2 Å². The van der Waals surface area contributed by atoms with Crippen molar-refractivity contribution in [3.8, 4) is 5.75 Å². The van der Waals surface area contributed by atoms with Gasteiger partial charge >= 0.3 is 6.03 Å². The summed E-state index contributed by atoms with van der Waals surface area (Å²) in [7, 11) is 1.53. The number of ether oxygens (including phenoxy) is 1. The number of amides is 3. The van der Waals surface area contributed by atoms with Gasteiger partial charge in [0.15, 0.2) is 0 Å². The van der Waals surface area contributed by atoms with E-state index in [1.807, 2.05) is 18.2 Å². The number of carbonyl (C=O) groups is 2. The Bertz CT molecular complexity index is 738. The van der Waals surface area contributed by atoms with Crippen LogP contribution in [0.1, 0.15) is 6.92 Å². The van der Waals surface area contributed by atoms with Gasteiger partial charge in [-0.15, -0.1) is 0 Å². The van der Waals surface area contributed by atoms with Crippen LogP contribution in [0.2, 0.25) is 5.02 Å². The van der Waals surface area contributed by atoms with E-state index < -0.39 is 0 Å². The quantitative estimate of drug-likeness (QED) is 0.827. The number of nitrogens with zero attached hydrogens (tertiary/aromatic N) is 1. The van der Waals surface area contributed by atoms with Crippen LogP contribution in [0.15, 0.2) is 48.5 Å². The van der Waals surface area contributed by atoms with E-state index in [2.05, 4.69) is 10.6 Å². The monoisotopic (exact) mass is 361 g/mol. The SMILES string of the molecule is COc1ccc(N(CCNC(=O)Nc2ccccc2)C(C)=O)cc1Cl. The average Bonchev–Trinajstić information content (AvgIpc) is 2.59. The number of carbonyl (C=O) groups excluding carboxylic acids is 2. The van der Waals surface area contributed by atoms with Gasteiger partial charge in [0, 0.05) is 31.4 Å². The highest BCUT2D eigenvalue weighted by Gasteiger charge is 2.13. The second-order valence-corrected chi connectivity index (χ2v) is 5.64. The third kappa shape index (κ3) is 5.39. The molecule has 0 fully saturated rings. The molecular formula is C18H20ClN3O3. The zero-order valence-corrected chi connectivity index (χ0v) is 14.8. The molecule has 0 radical (unpaired) electrons. The topological polar surface area (TPSA) is 70.7 Å². The number of anilines is 2. The number of rotatable bonds is 6. The molecule has 25 heavy (non-hydrogen) atoms. The highest BCUT2D eigenvalue weighted by molar-refractivity contribution is 6.32. The van der Waals surface area contributed by atoms with Gasteiger partial charge in [-0.1, -0.05) is 29.8 Å². The van der Waals surface area contributed by atoms with Gasteiger partial charge in [-0.2, -0.15) is 0 Å². The van der Waals surface area contributed by atoms with Crippen molar-refractivity contribution >= 4 is 34.9 Å². The summed E-state index contributed by atoms with van der Waals surface area (Å²) in [5, 5.41) is 5.86. The Morgan fingerprint density at radius 3 is 2.48 bits per heavy atom. The number of halogens is 1. The predicted octanol–water partition coefficient (Wildman–Crippen LogP) is 3.52. The molecule has 132 valence electrons. The molecule has 0 bridgehead atoms. The Kier molecular flexibility index (Phi) is 6.65. The first-order valence-corrected chi connectivity index (χ1v) is 8.10. The van der Waals surface area contributed by atoms with Crippen molar-refractivity contribution in [1.29, 1.82) is 0 Å². The van der Waals surface area contributed by atoms with Crippen LogP contribution < -0.4 is 20.3 Å². The Morgan fingerprint density at radius 1 is 1.16 bits per heavy atom. The minimum absolute atomic E-state index is 0.147. The van der Waals surface area contributed by atoms with Crippen LogP contribution in [-0.2, 0) is 4.79 Å². The Morgan fingerprint density at radius 2 is 1.88 bits per heavy atom. The van der Waals surface area contributed by atoms with Crippen molar-refractivity contribution in [1.82, 2.24) is 5.32 Å². The number of benzene rings is 2. The molecule has 2 rings (SSSR count). The molecule has 6 nitrogen and oxygen atoms in total. The van der Waals surface area contributed by atoms with E-state index in [-0.39, 0.29) is 11.9 Å². The summed E-state index contributed by atoms with van der Waals surface area (Å²) >= 11 is 6.11. The first kappa shape index (κ1) is 18.6. The van der Waals surface area contributed by atoms with E-state index in [4.69, 9.17) is 16.3 Å². The van der Waals surface area contributed by atoms with Gasteiger partial charge in [0.1, 0.15) is 5.75 Å². The number of methoxy groups -OCH3 is 1. The van der Waals surface area contributed by atoms with Gasteiger partial charge in [0.05, 0.1) is 12.1 Å². The lowest BCUT2D eigenvalue weighted by Gasteiger charge is -2.22. The molecule has 0 aromatic heterocycles. The molecular weight excluding hydrogens is 342 g/mol. The van der Waals surface area contributed by atoms with Crippen LogP contribution in [-0.4, -0.2) is 32.1 Å². The van der Waals surface area contributed by atoms with Crippen LogP contribution >= 0.6 is 11.6 Å². The van der Waals surface area contributed by atoms with Gasteiger partial charge < -0.3 is 20.3 Å². The fourth-order valence-corrected chi connectivity index (χ4v) is 2.52. The summed E-state index contributed by atoms with van der Waals surface area (Å²) in [6.45, 7) is 2.07. The maximum Gasteiger partial charge on any atom is 0.319 e. The second-order valence-electron chi connectivity index (χ2n) is 5.24. The van der Waals surface area contributed by atoms with Crippen LogP contribution in [0.3, 0.4) is 0 Å². The minimum Gasteiger partial charge on any atom is -0.495 e. The van der Waals surface area contributed by atoms with E-state index in [0.717, 1.165) is 0 Å². The Balaban J connectivity index is 1.92. The molecule has 2 N–H and O–H groups in total. The highest BCUT2D eigenvalue weighted by atomic mass is 35.5. The highest BCUT2D eigenvalue weighted by Crippen LogP contribution is 2.29. The first-order chi connectivity index (χ1) is 12.0. The summed E-state index contributed by atoms with van der Waals surface area (Å²) in [5.74, 6) is 0.390. The minimum atomic E-state index is -0.331. The second kappa shape index (κ2) is 8.94. The number of urea groups is 1. The third-order valence-electron chi connectivity index (χ3n) is 3.48. The largest absolute Gasteiger partial charge is 0.495 e. The van der Waals surface area contributed by atoms with Gasteiger partial charge in [-0.25, -0.2) is 4.79 Å². The van der Waals surface area contributed by atoms with E-state index in [1.165, 1.54) is 18.9 Å². The van der Waals surface area contributed by atoms with E-state index in [9.17, 15) is 9.59 Å². The molecule has 7 heteroatoms. The van der Waals surface area contributed by atoms with Crippen molar-refractivity contribution in [2.24, 2.45) is 0 Å². The molecule has 2 aromatic carbocycles. The van der Waals surface area contributed by atoms with Crippen LogP contribution in [0.4, 0.5) is 16.2 Å². The maximum absolute atomic E-state index is 11.9. The Labute approximate surface area is 151 Å². The molecule has 0 saturated heterocycles. The molecule has 0 aliphatic rings. The molecule has 3 amide bonds. The Hall–Kier alpha value is -2.73. The summed E-state index contributed by atoms with van der Waals surface area (Å²) in [5.41, 5.74) is 1.34. The van der Waals surface area contributed by atoms with Gasteiger partial charge in [-0.3, -0.25) is 4.79 Å². The lowest BCUT2D eigenvalue weighted by molar-refractivity contribution is -0.116. The van der Waals surface area contributed by atoms with Crippen molar-refractivity contribution in [3.63, 3.8) is 0 Å². The number of nitrogens with one attached hydrogen (secondary N) is 2. The van der Waals surface area contributed by atoms with Crippen LogP contribution in [0.5, 0.6) is 5.75 Å². The third-order valence-corrected chi connectivity index (χ3v) is 3.78. The fourth-order valence-electron chi connectivity index (χ4n) is 2.27. The normalized spacial score (nSPS) is 10.0. The van der Waals surface area contributed by atoms with Crippen molar-refractivity contribution in [3.05, 3.63) is 53.6 Å². The first-order valence-electron chi connectivity index (χ1n) is 7.73. The molecule has 0 unspecified atom stereocenters. The number of hydrogen-bond acceptors (Lipinski definition) is 3. The molecule has 0 aliphatic carbocycles. The predicted molar refractivity (Wildman–Crippen MR) is 99.5 cm³/mol. The zero-order chi connectivity index (χ0) is 18.2. The summed E-state index contributed by atoms with van der Waals surface area (Å²) in [6, 6.07) is 13.9. The standard InChI is InChI=1S/C18H20ClN3O3/c1-13(23)22(15-8-9-17(25-2)16(19)12-15)11-10-20-18(24)21-14-6-4-3-5-7-14/h3-9,12H,10-11H2,1-2H3,(H2,20,21,24). The molecule has 0 atom stereocenters. The van der Waals surface area contributed by atoms with Gasteiger partial charge in [-0.05, 0) is 30.3 Å². The summed E-state index contributed by atoms with van der Waals surface area (Å²) in [6.07, 6.45) is 0. The molecule has 0 saturated carbocycles. The van der Waals surface area contributed by atoms with E-state index in [1.54, 1.807) is 30.3 Å². The number of hydrogen-bond donors (Lipinski definition) is 2. The smallest absolute Gasteiger partial charge is 0.319 e.